The molecular weight excluding hydrogens is 271 g/mol. The summed E-state index contributed by atoms with van der Waals surface area (Å²) < 4.78 is 0. The molecule has 0 aliphatic carbocycles. The SMILES string of the molecule is CCc1ccc(CC)c(Pc2cc(CC)ccc2CC)c1. The monoisotopic (exact) mass is 298 g/mol. The average Bonchev–Trinajstić information content (AvgIpc) is 2.54. The highest BCUT2D eigenvalue weighted by molar-refractivity contribution is 7.55. The van der Waals surface area contributed by atoms with E-state index in [0.717, 1.165) is 34.3 Å². The van der Waals surface area contributed by atoms with Crippen LogP contribution in [0.4, 0.5) is 0 Å². The van der Waals surface area contributed by atoms with Gasteiger partial charge in [-0.3, -0.25) is 0 Å². The fourth-order valence-electron chi connectivity index (χ4n) is 2.68. The first kappa shape index (κ1) is 16.2. The lowest BCUT2D eigenvalue weighted by molar-refractivity contribution is 1.11. The molecular formula is C20H27P. The fraction of sp³-hybridized carbons (Fsp3) is 0.400. The number of rotatable bonds is 6. The van der Waals surface area contributed by atoms with Crippen molar-refractivity contribution in [3.63, 3.8) is 0 Å². The molecule has 2 rings (SSSR count). The minimum atomic E-state index is 0.787. The van der Waals surface area contributed by atoms with Gasteiger partial charge in [0.05, 0.1) is 0 Å². The molecule has 0 atom stereocenters. The van der Waals surface area contributed by atoms with Crippen molar-refractivity contribution >= 4 is 19.2 Å². The summed E-state index contributed by atoms with van der Waals surface area (Å²) >= 11 is 0. The molecule has 21 heavy (non-hydrogen) atoms. The number of hydrogen-bond donors (Lipinski definition) is 0. The standard InChI is InChI=1S/C20H27P/c1-5-15-9-11-17(7-3)19(13-15)21-20-14-16(6-2)10-12-18(20)8-4/h9-14,21H,5-8H2,1-4H3. The molecule has 0 spiro atoms. The van der Waals surface area contributed by atoms with Crippen molar-refractivity contribution in [3.05, 3.63) is 58.7 Å². The van der Waals surface area contributed by atoms with Crippen LogP contribution >= 0.6 is 8.58 Å². The summed E-state index contributed by atoms with van der Waals surface area (Å²) in [5.41, 5.74) is 5.93. The summed E-state index contributed by atoms with van der Waals surface area (Å²) in [5, 5.41) is 3.08. The lowest BCUT2D eigenvalue weighted by Gasteiger charge is -2.14. The molecule has 112 valence electrons. The van der Waals surface area contributed by atoms with Crippen LogP contribution < -0.4 is 10.6 Å². The molecule has 0 aliphatic heterocycles. The molecule has 1 heteroatoms. The molecule has 0 heterocycles. The predicted molar refractivity (Wildman–Crippen MR) is 98.0 cm³/mol. The summed E-state index contributed by atoms with van der Waals surface area (Å²) in [5.74, 6) is 0. The Morgan fingerprint density at radius 3 is 1.38 bits per heavy atom. The maximum Gasteiger partial charge on any atom is -0.0192 e. The van der Waals surface area contributed by atoms with Gasteiger partial charge in [-0.1, -0.05) is 72.7 Å². The van der Waals surface area contributed by atoms with Crippen LogP contribution in [0.3, 0.4) is 0 Å². The Labute approximate surface area is 131 Å². The van der Waals surface area contributed by atoms with Crippen molar-refractivity contribution in [3.8, 4) is 0 Å². The second kappa shape index (κ2) is 7.76. The van der Waals surface area contributed by atoms with Gasteiger partial charge in [0.2, 0.25) is 0 Å². The maximum atomic E-state index is 2.43. The van der Waals surface area contributed by atoms with Gasteiger partial charge in [-0.05, 0) is 58.5 Å². The van der Waals surface area contributed by atoms with Gasteiger partial charge in [-0.15, -0.1) is 0 Å². The lowest BCUT2D eigenvalue weighted by atomic mass is 10.1. The van der Waals surface area contributed by atoms with Crippen LogP contribution in [0, 0.1) is 0 Å². The summed E-state index contributed by atoms with van der Waals surface area (Å²) in [6, 6.07) is 14.1. The highest BCUT2D eigenvalue weighted by Crippen LogP contribution is 2.20. The Bertz CT molecular complexity index is 545. The Kier molecular flexibility index (Phi) is 6.00. The first-order chi connectivity index (χ1) is 10.2. The van der Waals surface area contributed by atoms with E-state index in [-0.39, 0.29) is 0 Å². The van der Waals surface area contributed by atoms with E-state index in [9.17, 15) is 0 Å². The smallest absolute Gasteiger partial charge is 0.0192 e. The van der Waals surface area contributed by atoms with Crippen LogP contribution in [-0.2, 0) is 25.7 Å². The van der Waals surface area contributed by atoms with Crippen molar-refractivity contribution in [2.45, 2.75) is 53.4 Å². The minimum Gasteiger partial charge on any atom is -0.0613 e. The summed E-state index contributed by atoms with van der Waals surface area (Å²) in [7, 11) is 0.787. The predicted octanol–water partition coefficient (Wildman–Crippen LogP) is 4.57. The summed E-state index contributed by atoms with van der Waals surface area (Å²) in [6.07, 6.45) is 4.50. The highest BCUT2D eigenvalue weighted by Gasteiger charge is 2.07. The minimum absolute atomic E-state index is 0.787. The van der Waals surface area contributed by atoms with Crippen molar-refractivity contribution in [1.29, 1.82) is 0 Å². The zero-order chi connectivity index (χ0) is 15.2. The molecule has 2 aromatic carbocycles. The first-order valence-electron chi connectivity index (χ1n) is 8.22. The number of aryl methyl sites for hydroxylation is 4. The van der Waals surface area contributed by atoms with E-state index in [1.807, 2.05) is 0 Å². The van der Waals surface area contributed by atoms with Gasteiger partial charge in [0.15, 0.2) is 0 Å². The summed E-state index contributed by atoms with van der Waals surface area (Å²) in [4.78, 5) is 0. The van der Waals surface area contributed by atoms with Crippen LogP contribution in [0.25, 0.3) is 0 Å². The van der Waals surface area contributed by atoms with Crippen LogP contribution in [0.15, 0.2) is 36.4 Å². The van der Waals surface area contributed by atoms with Crippen LogP contribution in [0.2, 0.25) is 0 Å². The molecule has 0 aromatic heterocycles. The van der Waals surface area contributed by atoms with E-state index < -0.39 is 0 Å². The van der Waals surface area contributed by atoms with Crippen LogP contribution in [0.5, 0.6) is 0 Å². The Morgan fingerprint density at radius 2 is 1.05 bits per heavy atom. The van der Waals surface area contributed by atoms with E-state index in [2.05, 4.69) is 64.1 Å². The molecule has 0 saturated heterocycles. The number of benzene rings is 2. The molecule has 0 aliphatic rings. The van der Waals surface area contributed by atoms with Gasteiger partial charge >= 0.3 is 0 Å². The third-order valence-corrected chi connectivity index (χ3v) is 5.67. The largest absolute Gasteiger partial charge is 0.0613 e. The van der Waals surface area contributed by atoms with Gasteiger partial charge in [-0.2, -0.15) is 0 Å². The topological polar surface area (TPSA) is 0 Å². The molecule has 0 saturated carbocycles. The molecule has 0 unspecified atom stereocenters. The Morgan fingerprint density at radius 1 is 0.619 bits per heavy atom. The first-order valence-corrected chi connectivity index (χ1v) is 9.22. The average molecular weight is 298 g/mol. The second-order valence-corrected chi connectivity index (χ2v) is 6.85. The van der Waals surface area contributed by atoms with Crippen molar-refractivity contribution < 1.29 is 0 Å². The molecule has 0 amide bonds. The van der Waals surface area contributed by atoms with Gasteiger partial charge in [-0.25, -0.2) is 0 Å². The van der Waals surface area contributed by atoms with E-state index in [0.29, 0.717) is 0 Å². The summed E-state index contributed by atoms with van der Waals surface area (Å²) in [6.45, 7) is 9.00. The zero-order valence-corrected chi connectivity index (χ0v) is 14.8. The van der Waals surface area contributed by atoms with Gasteiger partial charge in [0.25, 0.3) is 0 Å². The molecule has 0 nitrogen and oxygen atoms in total. The molecule has 2 aromatic rings. The second-order valence-electron chi connectivity index (χ2n) is 5.52. The van der Waals surface area contributed by atoms with Crippen molar-refractivity contribution in [2.24, 2.45) is 0 Å². The Balaban J connectivity index is 2.40. The van der Waals surface area contributed by atoms with E-state index in [1.165, 1.54) is 22.3 Å². The van der Waals surface area contributed by atoms with Crippen molar-refractivity contribution in [1.82, 2.24) is 0 Å². The zero-order valence-electron chi connectivity index (χ0n) is 13.8. The Hall–Kier alpha value is -1.13. The third kappa shape index (κ3) is 3.95. The van der Waals surface area contributed by atoms with Gasteiger partial charge < -0.3 is 0 Å². The van der Waals surface area contributed by atoms with Crippen molar-refractivity contribution in [2.75, 3.05) is 0 Å². The normalized spacial score (nSPS) is 10.9. The van der Waals surface area contributed by atoms with E-state index in [1.54, 1.807) is 10.6 Å². The van der Waals surface area contributed by atoms with Crippen LogP contribution in [-0.4, -0.2) is 0 Å². The molecule has 0 fully saturated rings. The lowest BCUT2D eigenvalue weighted by Crippen LogP contribution is -2.13. The van der Waals surface area contributed by atoms with Gasteiger partial charge in [0, 0.05) is 0 Å². The quantitative estimate of drug-likeness (QED) is 0.686. The molecule has 0 radical (unpaired) electrons. The third-order valence-electron chi connectivity index (χ3n) is 4.20. The van der Waals surface area contributed by atoms with E-state index in [4.69, 9.17) is 0 Å². The molecule has 0 bridgehead atoms. The van der Waals surface area contributed by atoms with Crippen LogP contribution in [0.1, 0.15) is 49.9 Å². The molecule has 0 N–H and O–H groups in total. The number of hydrogen-bond acceptors (Lipinski definition) is 0. The van der Waals surface area contributed by atoms with E-state index >= 15 is 0 Å². The fourth-order valence-corrected chi connectivity index (χ4v) is 4.33. The maximum absolute atomic E-state index is 2.43. The highest BCUT2D eigenvalue weighted by atomic mass is 31.1. The van der Waals surface area contributed by atoms with Gasteiger partial charge in [0.1, 0.15) is 0 Å².